The molecule has 0 heterocycles. The number of benzene rings is 3. The average molecular weight is 658 g/mol. The Morgan fingerprint density at radius 3 is 2.19 bits per heavy atom. The van der Waals surface area contributed by atoms with Gasteiger partial charge in [0.25, 0.3) is 15.7 Å². The van der Waals surface area contributed by atoms with Crippen molar-refractivity contribution in [2.75, 3.05) is 10.8 Å². The van der Waals surface area contributed by atoms with E-state index in [9.17, 15) is 28.1 Å². The van der Waals surface area contributed by atoms with Gasteiger partial charge in [-0.2, -0.15) is 0 Å². The molecule has 1 aliphatic carbocycles. The fourth-order valence-corrected chi connectivity index (χ4v) is 6.63. The van der Waals surface area contributed by atoms with Crippen molar-refractivity contribution in [1.82, 2.24) is 10.2 Å². The molecule has 2 amide bonds. The minimum absolute atomic E-state index is 0.0356. The lowest BCUT2D eigenvalue weighted by Crippen LogP contribution is -2.53. The van der Waals surface area contributed by atoms with Gasteiger partial charge in [0, 0.05) is 29.2 Å². The van der Waals surface area contributed by atoms with Crippen LogP contribution in [0, 0.1) is 10.1 Å². The third-order valence-corrected chi connectivity index (χ3v) is 9.66. The summed E-state index contributed by atoms with van der Waals surface area (Å²) in [5.74, 6) is -0.901. The zero-order valence-electron chi connectivity index (χ0n) is 23.2. The largest absolute Gasteiger partial charge is 0.352 e. The topological polar surface area (TPSA) is 130 Å². The van der Waals surface area contributed by atoms with Gasteiger partial charge in [0.1, 0.15) is 12.6 Å². The zero-order valence-corrected chi connectivity index (χ0v) is 25.6. The van der Waals surface area contributed by atoms with E-state index in [1.165, 1.54) is 41.3 Å². The molecular formula is C30H33BrN4O6S. The van der Waals surface area contributed by atoms with Crippen molar-refractivity contribution < 1.29 is 22.9 Å². The van der Waals surface area contributed by atoms with Gasteiger partial charge in [0.2, 0.25) is 11.8 Å². The highest BCUT2D eigenvalue weighted by Crippen LogP contribution is 2.27. The second kappa shape index (κ2) is 13.9. The summed E-state index contributed by atoms with van der Waals surface area (Å²) < 4.78 is 29.4. The number of anilines is 1. The van der Waals surface area contributed by atoms with Gasteiger partial charge in [-0.25, -0.2) is 8.42 Å². The first kappa shape index (κ1) is 31.2. The van der Waals surface area contributed by atoms with E-state index in [2.05, 4.69) is 21.2 Å². The molecule has 0 bridgehead atoms. The number of nitrogens with one attached hydrogen (secondary N) is 1. The second-order valence-electron chi connectivity index (χ2n) is 10.3. The van der Waals surface area contributed by atoms with Crippen LogP contribution in [0.15, 0.2) is 88.2 Å². The zero-order chi connectivity index (χ0) is 30.3. The van der Waals surface area contributed by atoms with E-state index >= 15 is 0 Å². The number of amides is 2. The van der Waals surface area contributed by atoms with Gasteiger partial charge < -0.3 is 10.2 Å². The smallest absolute Gasteiger partial charge is 0.269 e. The molecule has 222 valence electrons. The predicted molar refractivity (Wildman–Crippen MR) is 163 cm³/mol. The molecule has 0 unspecified atom stereocenters. The van der Waals surface area contributed by atoms with Crippen LogP contribution in [-0.4, -0.2) is 48.7 Å². The summed E-state index contributed by atoms with van der Waals surface area (Å²) in [6, 6.07) is 19.1. The van der Waals surface area contributed by atoms with Crippen LogP contribution in [0.25, 0.3) is 0 Å². The van der Waals surface area contributed by atoms with Crippen molar-refractivity contribution in [1.29, 1.82) is 0 Å². The molecule has 1 saturated carbocycles. The van der Waals surface area contributed by atoms with Crippen molar-refractivity contribution >= 4 is 49.1 Å². The minimum atomic E-state index is -4.25. The van der Waals surface area contributed by atoms with Gasteiger partial charge >= 0.3 is 0 Å². The highest BCUT2D eigenvalue weighted by atomic mass is 79.9. The highest BCUT2D eigenvalue weighted by Gasteiger charge is 2.33. The van der Waals surface area contributed by atoms with E-state index in [1.807, 2.05) is 24.3 Å². The van der Waals surface area contributed by atoms with Gasteiger partial charge in [0.15, 0.2) is 0 Å². The maximum absolute atomic E-state index is 14.0. The standard InChI is InChI=1S/C30H33BrN4O6S/c1-22(30(37)32-25-8-4-2-5-9-25)33(20-23-12-14-24(31)15-13-23)29(36)21-34(26-16-18-27(19-17-26)35(38)39)42(40,41)28-10-6-3-7-11-28/h3,6-7,10-19,22,25H,2,4-5,8-9,20-21H2,1H3,(H,32,37)/t22-/m1/s1. The molecule has 0 aromatic heterocycles. The Morgan fingerprint density at radius 2 is 1.60 bits per heavy atom. The molecule has 0 saturated heterocycles. The number of nitro groups is 1. The van der Waals surface area contributed by atoms with Crippen LogP contribution in [0.5, 0.6) is 0 Å². The number of nitrogens with zero attached hydrogens (tertiary/aromatic N) is 3. The Balaban J connectivity index is 1.67. The lowest BCUT2D eigenvalue weighted by molar-refractivity contribution is -0.384. The number of carbonyl (C=O) groups is 2. The number of rotatable bonds is 11. The molecule has 42 heavy (non-hydrogen) atoms. The second-order valence-corrected chi connectivity index (χ2v) is 13.0. The monoisotopic (exact) mass is 656 g/mol. The molecule has 0 spiro atoms. The van der Waals surface area contributed by atoms with Gasteiger partial charge in [-0.1, -0.05) is 65.5 Å². The van der Waals surface area contributed by atoms with Crippen LogP contribution in [-0.2, 0) is 26.2 Å². The molecule has 0 radical (unpaired) electrons. The fraction of sp³-hybridized carbons (Fsp3) is 0.333. The van der Waals surface area contributed by atoms with E-state index in [0.717, 1.165) is 46.4 Å². The Morgan fingerprint density at radius 1 is 0.976 bits per heavy atom. The van der Waals surface area contributed by atoms with Gasteiger partial charge in [-0.15, -0.1) is 0 Å². The molecule has 3 aromatic carbocycles. The number of non-ortho nitro benzene ring substituents is 1. The first-order valence-corrected chi connectivity index (χ1v) is 16.0. The molecule has 12 heteroatoms. The molecule has 1 atom stereocenters. The van der Waals surface area contributed by atoms with Crippen molar-refractivity contribution in [3.8, 4) is 0 Å². The third-order valence-electron chi connectivity index (χ3n) is 7.34. The maximum atomic E-state index is 14.0. The number of nitro benzene ring substituents is 1. The van der Waals surface area contributed by atoms with Crippen molar-refractivity contribution in [3.63, 3.8) is 0 Å². The minimum Gasteiger partial charge on any atom is -0.352 e. The van der Waals surface area contributed by atoms with Crippen LogP contribution in [0.1, 0.15) is 44.6 Å². The number of halogens is 1. The SMILES string of the molecule is C[C@H](C(=O)NC1CCCCC1)N(Cc1ccc(Br)cc1)C(=O)CN(c1ccc([N+](=O)[O-])cc1)S(=O)(=O)c1ccccc1. The number of hydrogen-bond acceptors (Lipinski definition) is 6. The van der Waals surface area contributed by atoms with Crippen molar-refractivity contribution in [2.24, 2.45) is 0 Å². The number of sulfonamides is 1. The van der Waals surface area contributed by atoms with E-state index in [4.69, 9.17) is 0 Å². The Labute approximate surface area is 254 Å². The summed E-state index contributed by atoms with van der Waals surface area (Å²) in [6.07, 6.45) is 4.94. The highest BCUT2D eigenvalue weighted by molar-refractivity contribution is 9.10. The molecular weight excluding hydrogens is 624 g/mol. The normalized spacial score (nSPS) is 14.5. The molecule has 1 N–H and O–H groups in total. The first-order valence-electron chi connectivity index (χ1n) is 13.7. The molecule has 4 rings (SSSR count). The van der Waals surface area contributed by atoms with Gasteiger partial charge in [-0.3, -0.25) is 24.0 Å². The summed E-state index contributed by atoms with van der Waals surface area (Å²) in [7, 11) is -4.25. The lowest BCUT2D eigenvalue weighted by atomic mass is 9.95. The maximum Gasteiger partial charge on any atom is 0.269 e. The van der Waals surface area contributed by atoms with E-state index < -0.39 is 33.4 Å². The Hall–Kier alpha value is -3.77. The van der Waals surface area contributed by atoms with Crippen LogP contribution in [0.4, 0.5) is 11.4 Å². The van der Waals surface area contributed by atoms with Crippen LogP contribution >= 0.6 is 15.9 Å². The first-order chi connectivity index (χ1) is 20.1. The lowest BCUT2D eigenvalue weighted by Gasteiger charge is -2.33. The summed E-state index contributed by atoms with van der Waals surface area (Å²) in [4.78, 5) is 39.3. The van der Waals surface area contributed by atoms with E-state index in [1.54, 1.807) is 25.1 Å². The summed E-state index contributed by atoms with van der Waals surface area (Å²) in [5.41, 5.74) is 0.629. The molecule has 3 aromatic rings. The summed E-state index contributed by atoms with van der Waals surface area (Å²) in [6.45, 7) is 1.09. The summed E-state index contributed by atoms with van der Waals surface area (Å²) in [5, 5.41) is 14.3. The van der Waals surface area contributed by atoms with Crippen LogP contribution < -0.4 is 9.62 Å². The molecule has 0 aliphatic heterocycles. The molecule has 1 fully saturated rings. The van der Waals surface area contributed by atoms with Crippen molar-refractivity contribution in [2.45, 2.75) is 62.6 Å². The Kier molecular flexibility index (Phi) is 10.3. The van der Waals surface area contributed by atoms with Gasteiger partial charge in [0.05, 0.1) is 15.5 Å². The molecule has 10 nitrogen and oxygen atoms in total. The summed E-state index contributed by atoms with van der Waals surface area (Å²) >= 11 is 3.40. The average Bonchev–Trinajstić information content (AvgIpc) is 3.00. The van der Waals surface area contributed by atoms with E-state index in [0.29, 0.717) is 0 Å². The Bertz CT molecular complexity index is 1500. The van der Waals surface area contributed by atoms with Gasteiger partial charge in [-0.05, 0) is 61.7 Å². The number of carbonyl (C=O) groups excluding carboxylic acids is 2. The number of hydrogen-bond donors (Lipinski definition) is 1. The molecule has 1 aliphatic rings. The third kappa shape index (κ3) is 7.74. The predicted octanol–water partition coefficient (Wildman–Crippen LogP) is 5.42. The fourth-order valence-electron chi connectivity index (χ4n) is 4.93. The van der Waals surface area contributed by atoms with Crippen LogP contribution in [0.2, 0.25) is 0 Å². The van der Waals surface area contributed by atoms with Crippen LogP contribution in [0.3, 0.4) is 0 Å². The quantitative estimate of drug-likeness (QED) is 0.217. The van der Waals surface area contributed by atoms with E-state index in [-0.39, 0.29) is 34.8 Å². The van der Waals surface area contributed by atoms with Crippen molar-refractivity contribution in [3.05, 3.63) is 99.0 Å².